The van der Waals surface area contributed by atoms with Gasteiger partial charge in [-0.25, -0.2) is 9.78 Å². The molecule has 2 aromatic heterocycles. The van der Waals surface area contributed by atoms with Crippen LogP contribution in [0, 0.1) is 6.92 Å². The Bertz CT molecular complexity index is 713. The number of nitrogens with zero attached hydrogens (tertiary/aromatic N) is 3. The molecule has 0 atom stereocenters. The van der Waals surface area contributed by atoms with Crippen LogP contribution >= 0.6 is 0 Å². The zero-order valence-corrected chi connectivity index (χ0v) is 9.81. The van der Waals surface area contributed by atoms with Crippen LogP contribution in [0.15, 0.2) is 15.8 Å². The Morgan fingerprint density at radius 2 is 1.94 bits per heavy atom. The van der Waals surface area contributed by atoms with E-state index in [1.165, 1.54) is 11.6 Å². The lowest BCUT2D eigenvalue weighted by Gasteiger charge is -2.11. The third kappa shape index (κ3) is 1.43. The molecule has 0 aliphatic rings. The average molecular weight is 235 g/mol. The van der Waals surface area contributed by atoms with Crippen molar-refractivity contribution < 1.29 is 0 Å². The van der Waals surface area contributed by atoms with Gasteiger partial charge in [0.25, 0.3) is 5.56 Å². The van der Waals surface area contributed by atoms with E-state index in [1.807, 2.05) is 0 Å². The lowest BCUT2D eigenvalue weighted by molar-refractivity contribution is 0.707. The van der Waals surface area contributed by atoms with Gasteiger partial charge < -0.3 is 5.43 Å². The van der Waals surface area contributed by atoms with Crippen LogP contribution in [0.4, 0.5) is 5.69 Å². The fraction of sp³-hybridized carbons (Fsp3) is 0.300. The van der Waals surface area contributed by atoms with Crippen molar-refractivity contribution in [3.8, 4) is 0 Å². The summed E-state index contributed by atoms with van der Waals surface area (Å²) in [6.45, 7) is 1.78. The molecule has 0 radical (unpaired) electrons. The minimum atomic E-state index is -0.415. The van der Waals surface area contributed by atoms with Gasteiger partial charge in [-0.15, -0.1) is 0 Å². The van der Waals surface area contributed by atoms with Crippen molar-refractivity contribution in [3.63, 3.8) is 0 Å². The van der Waals surface area contributed by atoms with Crippen LogP contribution in [0.3, 0.4) is 0 Å². The summed E-state index contributed by atoms with van der Waals surface area (Å²) in [5, 5.41) is 0.317. The number of hydrazine groups is 1. The molecule has 0 unspecified atom stereocenters. The first kappa shape index (κ1) is 11.3. The molecule has 7 nitrogen and oxygen atoms in total. The van der Waals surface area contributed by atoms with E-state index in [0.29, 0.717) is 16.7 Å². The maximum Gasteiger partial charge on any atom is 0.332 e. The van der Waals surface area contributed by atoms with Crippen LogP contribution in [-0.4, -0.2) is 14.1 Å². The number of aromatic nitrogens is 3. The molecule has 3 N–H and O–H groups in total. The first-order valence-electron chi connectivity index (χ1n) is 5.01. The summed E-state index contributed by atoms with van der Waals surface area (Å²) in [6, 6.07) is 0. The second kappa shape index (κ2) is 3.70. The Hall–Kier alpha value is -2.15. The predicted molar refractivity (Wildman–Crippen MR) is 64.8 cm³/mol. The summed E-state index contributed by atoms with van der Waals surface area (Å²) in [5.74, 6) is 5.41. The molecule has 0 saturated carbocycles. The zero-order valence-electron chi connectivity index (χ0n) is 9.81. The van der Waals surface area contributed by atoms with Gasteiger partial charge in [-0.1, -0.05) is 0 Å². The molecule has 2 aromatic rings. The lowest BCUT2D eigenvalue weighted by Crippen LogP contribution is -2.37. The van der Waals surface area contributed by atoms with Gasteiger partial charge in [-0.3, -0.25) is 19.8 Å². The third-order valence-electron chi connectivity index (χ3n) is 2.80. The van der Waals surface area contributed by atoms with Crippen molar-refractivity contribution in [3.05, 3.63) is 32.6 Å². The number of rotatable bonds is 1. The molecular formula is C10H13N5O2. The Kier molecular flexibility index (Phi) is 2.47. The van der Waals surface area contributed by atoms with Crippen molar-refractivity contribution >= 4 is 16.7 Å². The van der Waals surface area contributed by atoms with E-state index >= 15 is 0 Å². The zero-order chi connectivity index (χ0) is 12.7. The van der Waals surface area contributed by atoms with E-state index in [0.717, 1.165) is 10.1 Å². The summed E-state index contributed by atoms with van der Waals surface area (Å²) in [6.07, 6.45) is 1.57. The molecule has 0 spiro atoms. The lowest BCUT2D eigenvalue weighted by atomic mass is 10.2. The number of nitrogens with two attached hydrogens (primary N) is 1. The molecule has 2 rings (SSSR count). The molecule has 0 saturated heterocycles. The number of hydrogen-bond acceptors (Lipinski definition) is 5. The molecule has 0 bridgehead atoms. The van der Waals surface area contributed by atoms with E-state index in [1.54, 1.807) is 20.2 Å². The molecule has 90 valence electrons. The van der Waals surface area contributed by atoms with Gasteiger partial charge in [0.15, 0.2) is 5.65 Å². The van der Waals surface area contributed by atoms with E-state index < -0.39 is 11.2 Å². The minimum absolute atomic E-state index is 0.316. The van der Waals surface area contributed by atoms with Crippen LogP contribution in [0.5, 0.6) is 0 Å². The molecule has 0 aliphatic heterocycles. The second-order valence-corrected chi connectivity index (χ2v) is 3.86. The molecule has 0 fully saturated rings. The van der Waals surface area contributed by atoms with Gasteiger partial charge in [0.05, 0.1) is 5.69 Å². The Morgan fingerprint density at radius 1 is 1.29 bits per heavy atom. The monoisotopic (exact) mass is 235 g/mol. The Morgan fingerprint density at radius 3 is 2.53 bits per heavy atom. The summed E-state index contributed by atoms with van der Waals surface area (Å²) in [5.41, 5.74) is 3.21. The molecule has 0 aromatic carbocycles. The van der Waals surface area contributed by atoms with E-state index in [4.69, 9.17) is 5.84 Å². The second-order valence-electron chi connectivity index (χ2n) is 3.86. The maximum atomic E-state index is 12.0. The highest BCUT2D eigenvalue weighted by atomic mass is 16.2. The summed E-state index contributed by atoms with van der Waals surface area (Å²) in [4.78, 5) is 27.9. The van der Waals surface area contributed by atoms with Gasteiger partial charge in [0.2, 0.25) is 0 Å². The largest absolute Gasteiger partial charge is 0.332 e. The van der Waals surface area contributed by atoms with Crippen LogP contribution in [-0.2, 0) is 14.1 Å². The highest BCUT2D eigenvalue weighted by Gasteiger charge is 2.14. The smallest absolute Gasteiger partial charge is 0.323 e. The first-order chi connectivity index (χ1) is 7.99. The molecule has 17 heavy (non-hydrogen) atoms. The van der Waals surface area contributed by atoms with Gasteiger partial charge in [-0.2, -0.15) is 0 Å². The van der Waals surface area contributed by atoms with E-state index in [9.17, 15) is 9.59 Å². The average Bonchev–Trinajstić information content (AvgIpc) is 2.33. The number of anilines is 1. The molecule has 0 amide bonds. The third-order valence-corrected chi connectivity index (χ3v) is 2.80. The first-order valence-corrected chi connectivity index (χ1v) is 5.01. The molecule has 2 heterocycles. The van der Waals surface area contributed by atoms with E-state index in [-0.39, 0.29) is 0 Å². The molecular weight excluding hydrogens is 222 g/mol. The normalized spacial score (nSPS) is 10.8. The Balaban J connectivity index is 3.18. The van der Waals surface area contributed by atoms with Gasteiger partial charge in [-0.05, 0) is 12.5 Å². The van der Waals surface area contributed by atoms with E-state index in [2.05, 4.69) is 10.4 Å². The molecule has 0 aliphatic carbocycles. The van der Waals surface area contributed by atoms with Crippen molar-refractivity contribution in [1.29, 1.82) is 0 Å². The standard InChI is InChI=1S/C10H13N5O2/c1-5-4-12-8-6(7(5)13-11)9(16)15(3)10(17)14(8)2/h4H,11H2,1-3H3,(H,12,13). The Labute approximate surface area is 96.5 Å². The van der Waals surface area contributed by atoms with Crippen LogP contribution in [0.1, 0.15) is 5.56 Å². The highest BCUT2D eigenvalue weighted by molar-refractivity contribution is 5.89. The highest BCUT2D eigenvalue weighted by Crippen LogP contribution is 2.19. The van der Waals surface area contributed by atoms with Crippen molar-refractivity contribution in [1.82, 2.24) is 14.1 Å². The quantitative estimate of drug-likeness (QED) is 0.499. The predicted octanol–water partition coefficient (Wildman–Crippen LogP) is -0.774. The summed E-state index contributed by atoms with van der Waals surface area (Å²) >= 11 is 0. The summed E-state index contributed by atoms with van der Waals surface area (Å²) < 4.78 is 2.35. The fourth-order valence-electron chi connectivity index (χ4n) is 1.81. The minimum Gasteiger partial charge on any atom is -0.323 e. The van der Waals surface area contributed by atoms with Gasteiger partial charge in [0.1, 0.15) is 5.39 Å². The maximum absolute atomic E-state index is 12.0. The number of hydrogen-bond donors (Lipinski definition) is 2. The number of aryl methyl sites for hydroxylation is 2. The molecule has 7 heteroatoms. The van der Waals surface area contributed by atoms with Gasteiger partial charge in [0, 0.05) is 20.3 Å². The van der Waals surface area contributed by atoms with Crippen molar-refractivity contribution in [2.75, 3.05) is 5.43 Å². The van der Waals surface area contributed by atoms with Crippen LogP contribution < -0.4 is 22.5 Å². The number of pyridine rings is 1. The van der Waals surface area contributed by atoms with Crippen LogP contribution in [0.25, 0.3) is 11.0 Å². The SMILES string of the molecule is Cc1cnc2c(c1NN)c(=O)n(C)c(=O)n2C. The van der Waals surface area contributed by atoms with Gasteiger partial charge >= 0.3 is 5.69 Å². The number of nitrogen functional groups attached to an aromatic ring is 1. The fourth-order valence-corrected chi connectivity index (χ4v) is 1.81. The van der Waals surface area contributed by atoms with Crippen molar-refractivity contribution in [2.24, 2.45) is 19.9 Å². The van der Waals surface area contributed by atoms with Crippen LogP contribution in [0.2, 0.25) is 0 Å². The van der Waals surface area contributed by atoms with Crippen molar-refractivity contribution in [2.45, 2.75) is 6.92 Å². The number of nitrogens with one attached hydrogen (secondary N) is 1. The topological polar surface area (TPSA) is 94.9 Å². The number of fused-ring (bicyclic) bond motifs is 1. The summed E-state index contributed by atoms with van der Waals surface area (Å²) in [7, 11) is 2.99.